The molecule has 0 aliphatic carbocycles. The van der Waals surface area contributed by atoms with Crippen molar-refractivity contribution in [3.8, 4) is 0 Å². The number of carbonyl (C=O) groups is 2. The first-order valence-corrected chi connectivity index (χ1v) is 10.8. The minimum atomic E-state index is -0.966. The fourth-order valence-electron chi connectivity index (χ4n) is 4.88. The number of fused-ring (bicyclic) bond motifs is 2. The van der Waals surface area contributed by atoms with Crippen molar-refractivity contribution in [3.63, 3.8) is 0 Å². The summed E-state index contributed by atoms with van der Waals surface area (Å²) in [6, 6.07) is 28.2. The molecule has 0 saturated carbocycles. The van der Waals surface area contributed by atoms with Crippen LogP contribution in [0.2, 0.25) is 0 Å². The summed E-state index contributed by atoms with van der Waals surface area (Å²) in [5.41, 5.74) is 2.01. The largest absolute Gasteiger partial charge is 0.273 e. The van der Waals surface area contributed by atoms with E-state index in [1.165, 1.54) is 24.3 Å². The van der Waals surface area contributed by atoms with Gasteiger partial charge < -0.3 is 0 Å². The highest BCUT2D eigenvalue weighted by molar-refractivity contribution is 6.24. The molecule has 2 aliphatic heterocycles. The molecule has 4 aromatic carbocycles. The molecule has 2 saturated heterocycles. The van der Waals surface area contributed by atoms with E-state index in [1.54, 1.807) is 5.06 Å². The molecule has 2 amide bonds. The Hall–Kier alpha value is -4.03. The molecule has 6 heteroatoms. The number of hydrogen-bond donors (Lipinski definition) is 0. The van der Waals surface area contributed by atoms with E-state index < -0.39 is 29.8 Å². The van der Waals surface area contributed by atoms with Crippen LogP contribution in [0.25, 0.3) is 10.8 Å². The summed E-state index contributed by atoms with van der Waals surface area (Å²) in [6.45, 7) is 0. The molecule has 0 radical (unpaired) electrons. The van der Waals surface area contributed by atoms with Crippen LogP contribution in [0.3, 0.4) is 0 Å². The fraction of sp³-hybridized carbons (Fsp3) is 0.111. The Bertz CT molecular complexity index is 1370. The van der Waals surface area contributed by atoms with E-state index in [2.05, 4.69) is 0 Å². The lowest BCUT2D eigenvalue weighted by molar-refractivity contribution is -0.126. The maximum Gasteiger partial charge on any atom is 0.266 e. The zero-order chi connectivity index (χ0) is 22.5. The summed E-state index contributed by atoms with van der Waals surface area (Å²) in [7, 11) is 0. The molecule has 2 fully saturated rings. The second-order valence-corrected chi connectivity index (χ2v) is 8.21. The molecule has 5 nitrogen and oxygen atoms in total. The van der Waals surface area contributed by atoms with Crippen molar-refractivity contribution in [2.24, 2.45) is 5.92 Å². The summed E-state index contributed by atoms with van der Waals surface area (Å²) in [6.07, 6.45) is -0.966. The third kappa shape index (κ3) is 3.02. The predicted molar refractivity (Wildman–Crippen MR) is 123 cm³/mol. The van der Waals surface area contributed by atoms with Crippen LogP contribution >= 0.6 is 0 Å². The first-order chi connectivity index (χ1) is 16.1. The Kier molecular flexibility index (Phi) is 4.48. The lowest BCUT2D eigenvalue weighted by atomic mass is 9.87. The lowest BCUT2D eigenvalue weighted by Crippen LogP contribution is -2.37. The molecular weight excluding hydrogens is 419 g/mol. The number of hydrogen-bond acceptors (Lipinski definition) is 4. The van der Waals surface area contributed by atoms with Crippen LogP contribution in [0.15, 0.2) is 97.1 Å². The van der Waals surface area contributed by atoms with E-state index in [0.717, 1.165) is 26.9 Å². The third-order valence-electron chi connectivity index (χ3n) is 6.35. The third-order valence-corrected chi connectivity index (χ3v) is 6.35. The van der Waals surface area contributed by atoms with E-state index in [9.17, 15) is 14.0 Å². The van der Waals surface area contributed by atoms with Gasteiger partial charge in [-0.1, -0.05) is 60.7 Å². The summed E-state index contributed by atoms with van der Waals surface area (Å²) in [4.78, 5) is 34.4. The van der Waals surface area contributed by atoms with Crippen molar-refractivity contribution in [3.05, 3.63) is 108 Å². The van der Waals surface area contributed by atoms with Crippen LogP contribution in [0, 0.1) is 11.7 Å². The van der Waals surface area contributed by atoms with Gasteiger partial charge in [-0.2, -0.15) is 0 Å². The Morgan fingerprint density at radius 3 is 2.18 bits per heavy atom. The predicted octanol–water partition coefficient (Wildman–Crippen LogP) is 5.03. The normalized spacial score (nSPS) is 22.3. The van der Waals surface area contributed by atoms with Crippen LogP contribution in [-0.2, 0) is 14.4 Å². The van der Waals surface area contributed by atoms with Gasteiger partial charge in [0.05, 0.1) is 17.4 Å². The molecule has 3 atom stereocenters. The quantitative estimate of drug-likeness (QED) is 0.421. The molecule has 4 aromatic rings. The van der Waals surface area contributed by atoms with Gasteiger partial charge in [-0.05, 0) is 52.7 Å². The molecule has 2 aliphatic rings. The van der Waals surface area contributed by atoms with Crippen molar-refractivity contribution in [2.45, 2.75) is 12.1 Å². The van der Waals surface area contributed by atoms with E-state index in [0.29, 0.717) is 5.69 Å². The van der Waals surface area contributed by atoms with E-state index in [1.807, 2.05) is 72.8 Å². The Labute approximate surface area is 189 Å². The SMILES string of the molecule is O=C1[C@H]2[C@H](ON(c3ccccc3)[C@H]2c2cccc3ccccc23)C(=O)N1c1ccc(F)cc1. The molecule has 0 aromatic heterocycles. The van der Waals surface area contributed by atoms with Gasteiger partial charge in [0.1, 0.15) is 11.7 Å². The first-order valence-electron chi connectivity index (χ1n) is 10.8. The van der Waals surface area contributed by atoms with E-state index >= 15 is 0 Å². The zero-order valence-electron chi connectivity index (χ0n) is 17.5. The maximum atomic E-state index is 13.7. The van der Waals surface area contributed by atoms with Gasteiger partial charge in [0, 0.05) is 0 Å². The molecule has 0 unspecified atom stereocenters. The van der Waals surface area contributed by atoms with Gasteiger partial charge in [-0.15, -0.1) is 0 Å². The number of benzene rings is 4. The summed E-state index contributed by atoms with van der Waals surface area (Å²) >= 11 is 0. The van der Waals surface area contributed by atoms with Crippen LogP contribution in [0.1, 0.15) is 11.6 Å². The van der Waals surface area contributed by atoms with Crippen molar-refractivity contribution in [1.82, 2.24) is 0 Å². The van der Waals surface area contributed by atoms with Gasteiger partial charge in [0.2, 0.25) is 5.91 Å². The number of anilines is 2. The van der Waals surface area contributed by atoms with Gasteiger partial charge in [0.25, 0.3) is 5.91 Å². The lowest BCUT2D eigenvalue weighted by Gasteiger charge is -2.29. The Morgan fingerprint density at radius 2 is 1.39 bits per heavy atom. The average molecular weight is 438 g/mol. The fourth-order valence-corrected chi connectivity index (χ4v) is 4.88. The standard InChI is InChI=1S/C27H19FN2O3/c28-18-13-15-19(16-14-18)29-26(31)23-24(22-12-6-8-17-7-4-5-11-21(17)22)30(33-25(23)27(29)32)20-9-2-1-3-10-20/h1-16,23-25H/t23-,24+,25+/m1/s1. The van der Waals surface area contributed by atoms with Crippen molar-refractivity contribution < 1.29 is 18.8 Å². The maximum absolute atomic E-state index is 13.7. The highest BCUT2D eigenvalue weighted by atomic mass is 19.1. The molecule has 0 N–H and O–H groups in total. The highest BCUT2D eigenvalue weighted by Crippen LogP contribution is 2.48. The van der Waals surface area contributed by atoms with Gasteiger partial charge in [0.15, 0.2) is 6.10 Å². The van der Waals surface area contributed by atoms with Gasteiger partial charge in [-0.3, -0.25) is 14.4 Å². The van der Waals surface area contributed by atoms with E-state index in [-0.39, 0.29) is 5.91 Å². The van der Waals surface area contributed by atoms with Gasteiger partial charge >= 0.3 is 0 Å². The number of para-hydroxylation sites is 1. The minimum Gasteiger partial charge on any atom is -0.273 e. The number of hydroxylamine groups is 1. The molecule has 162 valence electrons. The summed E-state index contributed by atoms with van der Waals surface area (Å²) in [5.74, 6) is -1.97. The molecule has 2 heterocycles. The van der Waals surface area contributed by atoms with Crippen molar-refractivity contribution in [2.75, 3.05) is 9.96 Å². The number of carbonyl (C=O) groups excluding carboxylic acids is 2. The summed E-state index contributed by atoms with van der Waals surface area (Å²) in [5, 5.41) is 3.73. The highest BCUT2D eigenvalue weighted by Gasteiger charge is 2.60. The molecular formula is C27H19FN2O3. The van der Waals surface area contributed by atoms with Crippen LogP contribution in [-0.4, -0.2) is 17.9 Å². The Morgan fingerprint density at radius 1 is 0.697 bits per heavy atom. The average Bonchev–Trinajstić information content (AvgIpc) is 3.36. The first kappa shape index (κ1) is 19.6. The molecule has 0 bridgehead atoms. The van der Waals surface area contributed by atoms with Crippen LogP contribution in [0.4, 0.5) is 15.8 Å². The second kappa shape index (κ2) is 7.53. The number of amides is 2. The number of imide groups is 1. The van der Waals surface area contributed by atoms with E-state index in [4.69, 9.17) is 4.84 Å². The zero-order valence-corrected chi connectivity index (χ0v) is 17.5. The number of halogens is 1. The smallest absolute Gasteiger partial charge is 0.266 e. The van der Waals surface area contributed by atoms with Crippen molar-refractivity contribution in [1.29, 1.82) is 0 Å². The van der Waals surface area contributed by atoms with Crippen LogP contribution in [0.5, 0.6) is 0 Å². The second-order valence-electron chi connectivity index (χ2n) is 8.21. The number of nitrogens with zero attached hydrogens (tertiary/aromatic N) is 2. The minimum absolute atomic E-state index is 0.340. The number of rotatable bonds is 3. The molecule has 33 heavy (non-hydrogen) atoms. The van der Waals surface area contributed by atoms with Gasteiger partial charge in [-0.25, -0.2) is 14.4 Å². The topological polar surface area (TPSA) is 49.9 Å². The monoisotopic (exact) mass is 438 g/mol. The van der Waals surface area contributed by atoms with Crippen LogP contribution < -0.4 is 9.96 Å². The molecule has 6 rings (SSSR count). The summed E-state index contributed by atoms with van der Waals surface area (Å²) < 4.78 is 13.4. The Balaban J connectivity index is 1.50. The molecule has 0 spiro atoms. The van der Waals surface area contributed by atoms with Crippen molar-refractivity contribution >= 4 is 34.0 Å².